The topological polar surface area (TPSA) is 32.3 Å². The van der Waals surface area contributed by atoms with E-state index in [0.29, 0.717) is 23.8 Å². The molecule has 0 aromatic heterocycles. The summed E-state index contributed by atoms with van der Waals surface area (Å²) in [7, 11) is 0. The normalized spacial score (nSPS) is 20.9. The maximum atomic E-state index is 12.6. The minimum Gasteiger partial charge on any atom is -0.339 e. The number of carbonyl (C=O) groups is 1. The third-order valence-corrected chi connectivity index (χ3v) is 4.57. The fourth-order valence-electron chi connectivity index (χ4n) is 3.51. The number of hydrogen-bond donors (Lipinski definition) is 1. The molecule has 2 fully saturated rings. The van der Waals surface area contributed by atoms with Gasteiger partial charge in [-0.25, -0.2) is 0 Å². The Morgan fingerprint density at radius 1 is 1.15 bits per heavy atom. The Bertz CT molecular complexity index is 284. The van der Waals surface area contributed by atoms with Gasteiger partial charge in [0.25, 0.3) is 0 Å². The van der Waals surface area contributed by atoms with Gasteiger partial charge in [-0.15, -0.1) is 12.4 Å². The third kappa shape index (κ3) is 5.25. The van der Waals surface area contributed by atoms with E-state index < -0.39 is 0 Å². The van der Waals surface area contributed by atoms with Crippen LogP contribution >= 0.6 is 12.4 Å². The summed E-state index contributed by atoms with van der Waals surface area (Å²) in [5.41, 5.74) is 0. The molecule has 0 spiro atoms. The van der Waals surface area contributed by atoms with Crippen molar-refractivity contribution < 1.29 is 4.79 Å². The zero-order valence-corrected chi connectivity index (χ0v) is 13.9. The van der Waals surface area contributed by atoms with Crippen LogP contribution in [0.3, 0.4) is 0 Å². The average molecular weight is 303 g/mol. The van der Waals surface area contributed by atoms with Crippen LogP contribution < -0.4 is 5.32 Å². The first-order chi connectivity index (χ1) is 9.16. The summed E-state index contributed by atoms with van der Waals surface area (Å²) in [6, 6.07) is 0.539. The smallest absolute Gasteiger partial charge is 0.223 e. The number of amides is 1. The maximum Gasteiger partial charge on any atom is 0.223 e. The van der Waals surface area contributed by atoms with Crippen LogP contribution in [-0.4, -0.2) is 36.5 Å². The summed E-state index contributed by atoms with van der Waals surface area (Å²) < 4.78 is 0. The van der Waals surface area contributed by atoms with Crippen molar-refractivity contribution in [3.8, 4) is 0 Å². The minimum atomic E-state index is 0. The molecule has 0 atom stereocenters. The third-order valence-electron chi connectivity index (χ3n) is 4.57. The second-order valence-corrected chi connectivity index (χ2v) is 6.78. The standard InChI is InChI=1S/C16H30N2O.ClH/c1-13(2)12-18(15-5-3-4-6-15)16(19)11-14-7-9-17-10-8-14;/h13-15,17H,3-12H2,1-2H3;1H. The number of rotatable bonds is 5. The highest BCUT2D eigenvalue weighted by Gasteiger charge is 2.28. The molecule has 1 amide bonds. The number of hydrogen-bond acceptors (Lipinski definition) is 2. The summed E-state index contributed by atoms with van der Waals surface area (Å²) in [6.45, 7) is 7.57. The number of nitrogens with one attached hydrogen (secondary N) is 1. The van der Waals surface area contributed by atoms with Crippen molar-refractivity contribution in [3.05, 3.63) is 0 Å². The van der Waals surface area contributed by atoms with E-state index in [4.69, 9.17) is 0 Å². The van der Waals surface area contributed by atoms with Crippen LogP contribution in [0.15, 0.2) is 0 Å². The van der Waals surface area contributed by atoms with Crippen molar-refractivity contribution in [2.45, 2.75) is 64.8 Å². The van der Waals surface area contributed by atoms with E-state index in [2.05, 4.69) is 24.1 Å². The number of piperidine rings is 1. The molecule has 2 rings (SSSR count). The number of nitrogens with zero attached hydrogens (tertiary/aromatic N) is 1. The average Bonchev–Trinajstić information content (AvgIpc) is 2.90. The van der Waals surface area contributed by atoms with Crippen molar-refractivity contribution in [2.75, 3.05) is 19.6 Å². The second-order valence-electron chi connectivity index (χ2n) is 6.78. The predicted octanol–water partition coefficient (Wildman–Crippen LogP) is 3.23. The van der Waals surface area contributed by atoms with E-state index in [-0.39, 0.29) is 12.4 Å². The van der Waals surface area contributed by atoms with Gasteiger partial charge in [-0.3, -0.25) is 4.79 Å². The van der Waals surface area contributed by atoms with Crippen molar-refractivity contribution in [1.82, 2.24) is 10.2 Å². The van der Waals surface area contributed by atoms with Gasteiger partial charge in [-0.05, 0) is 50.6 Å². The van der Waals surface area contributed by atoms with Crippen molar-refractivity contribution in [3.63, 3.8) is 0 Å². The summed E-state index contributed by atoms with van der Waals surface area (Å²) in [6.07, 6.45) is 8.19. The Balaban J connectivity index is 0.00000200. The highest BCUT2D eigenvalue weighted by molar-refractivity contribution is 5.85. The summed E-state index contributed by atoms with van der Waals surface area (Å²) in [5.74, 6) is 1.62. The van der Waals surface area contributed by atoms with Crippen LogP contribution in [0.5, 0.6) is 0 Å². The fraction of sp³-hybridized carbons (Fsp3) is 0.938. The molecule has 3 nitrogen and oxygen atoms in total. The van der Waals surface area contributed by atoms with Gasteiger partial charge in [-0.1, -0.05) is 26.7 Å². The van der Waals surface area contributed by atoms with E-state index in [1.807, 2.05) is 0 Å². The first-order valence-corrected chi connectivity index (χ1v) is 8.17. The largest absolute Gasteiger partial charge is 0.339 e. The molecule has 0 aromatic rings. The summed E-state index contributed by atoms with van der Waals surface area (Å²) >= 11 is 0. The molecular weight excluding hydrogens is 272 g/mol. The summed E-state index contributed by atoms with van der Waals surface area (Å²) in [5, 5.41) is 3.38. The lowest BCUT2D eigenvalue weighted by atomic mass is 9.93. The Morgan fingerprint density at radius 2 is 1.75 bits per heavy atom. The zero-order valence-electron chi connectivity index (χ0n) is 13.1. The van der Waals surface area contributed by atoms with Gasteiger partial charge in [0.2, 0.25) is 5.91 Å². The molecule has 118 valence electrons. The minimum absolute atomic E-state index is 0. The van der Waals surface area contributed by atoms with E-state index in [1.54, 1.807) is 0 Å². The molecule has 1 heterocycles. The molecule has 20 heavy (non-hydrogen) atoms. The molecule has 1 aliphatic heterocycles. The van der Waals surface area contributed by atoms with Crippen molar-refractivity contribution >= 4 is 18.3 Å². The van der Waals surface area contributed by atoms with E-state index in [1.165, 1.54) is 38.5 Å². The van der Waals surface area contributed by atoms with Gasteiger partial charge in [-0.2, -0.15) is 0 Å². The molecule has 2 aliphatic rings. The van der Waals surface area contributed by atoms with Gasteiger partial charge in [0.1, 0.15) is 0 Å². The second kappa shape index (κ2) is 8.89. The zero-order chi connectivity index (χ0) is 13.7. The molecule has 1 saturated heterocycles. The van der Waals surface area contributed by atoms with Crippen LogP contribution in [0, 0.1) is 11.8 Å². The van der Waals surface area contributed by atoms with Crippen LogP contribution in [0.1, 0.15) is 58.8 Å². The molecule has 1 aliphatic carbocycles. The van der Waals surface area contributed by atoms with Gasteiger partial charge >= 0.3 is 0 Å². The predicted molar refractivity (Wildman–Crippen MR) is 86.3 cm³/mol. The lowest BCUT2D eigenvalue weighted by Crippen LogP contribution is -2.42. The summed E-state index contributed by atoms with van der Waals surface area (Å²) in [4.78, 5) is 14.9. The maximum absolute atomic E-state index is 12.6. The number of halogens is 1. The van der Waals surface area contributed by atoms with Crippen LogP contribution in [0.25, 0.3) is 0 Å². The fourth-order valence-corrected chi connectivity index (χ4v) is 3.51. The number of carbonyl (C=O) groups excluding carboxylic acids is 1. The monoisotopic (exact) mass is 302 g/mol. The van der Waals surface area contributed by atoms with Crippen molar-refractivity contribution in [1.29, 1.82) is 0 Å². The van der Waals surface area contributed by atoms with Crippen LogP contribution in [0.4, 0.5) is 0 Å². The Labute approximate surface area is 130 Å². The molecule has 1 saturated carbocycles. The molecule has 1 N–H and O–H groups in total. The SMILES string of the molecule is CC(C)CN(C(=O)CC1CCNCC1)C1CCCC1.Cl. The first-order valence-electron chi connectivity index (χ1n) is 8.17. The first kappa shape index (κ1) is 17.8. The molecule has 0 unspecified atom stereocenters. The van der Waals surface area contributed by atoms with Crippen LogP contribution in [0.2, 0.25) is 0 Å². The molecular formula is C16H31ClN2O. The lowest BCUT2D eigenvalue weighted by Gasteiger charge is -2.33. The van der Waals surface area contributed by atoms with Gasteiger partial charge in [0.15, 0.2) is 0 Å². The van der Waals surface area contributed by atoms with E-state index in [0.717, 1.165) is 26.1 Å². The lowest BCUT2D eigenvalue weighted by molar-refractivity contribution is -0.135. The Hall–Kier alpha value is -0.280. The molecule has 0 aromatic carbocycles. The highest BCUT2D eigenvalue weighted by Crippen LogP contribution is 2.26. The Kier molecular flexibility index (Phi) is 7.90. The van der Waals surface area contributed by atoms with Gasteiger partial charge in [0.05, 0.1) is 0 Å². The van der Waals surface area contributed by atoms with E-state index >= 15 is 0 Å². The molecule has 0 radical (unpaired) electrons. The van der Waals surface area contributed by atoms with Gasteiger partial charge in [0, 0.05) is 19.0 Å². The van der Waals surface area contributed by atoms with Crippen LogP contribution in [-0.2, 0) is 4.79 Å². The van der Waals surface area contributed by atoms with Crippen molar-refractivity contribution in [2.24, 2.45) is 11.8 Å². The highest BCUT2D eigenvalue weighted by atomic mass is 35.5. The molecule has 4 heteroatoms. The quantitative estimate of drug-likeness (QED) is 0.845. The molecule has 0 bridgehead atoms. The van der Waals surface area contributed by atoms with E-state index in [9.17, 15) is 4.79 Å². The van der Waals surface area contributed by atoms with Gasteiger partial charge < -0.3 is 10.2 Å². The Morgan fingerprint density at radius 3 is 2.30 bits per heavy atom.